The molecule has 3 aromatic rings. The van der Waals surface area contributed by atoms with Crippen molar-refractivity contribution in [2.24, 2.45) is 0 Å². The summed E-state index contributed by atoms with van der Waals surface area (Å²) >= 11 is 0. The molecule has 144 valence electrons. The Labute approximate surface area is 162 Å². The predicted molar refractivity (Wildman–Crippen MR) is 105 cm³/mol. The number of carbonyl (C=O) groups is 1. The molecule has 0 radical (unpaired) electrons. The van der Waals surface area contributed by atoms with Crippen molar-refractivity contribution in [1.29, 1.82) is 0 Å². The molecule has 2 heterocycles. The Hall–Kier alpha value is -3.12. The molecule has 28 heavy (non-hydrogen) atoms. The first-order valence-corrected chi connectivity index (χ1v) is 9.24. The van der Waals surface area contributed by atoms with E-state index in [9.17, 15) is 9.59 Å². The van der Waals surface area contributed by atoms with Crippen LogP contribution in [0.4, 0.5) is 0 Å². The number of fused-ring (bicyclic) bond motifs is 2. The minimum absolute atomic E-state index is 0.103. The third-order valence-electron chi connectivity index (χ3n) is 4.89. The fourth-order valence-electron chi connectivity index (χ4n) is 3.68. The third kappa shape index (κ3) is 2.96. The molecule has 4 rings (SSSR count). The normalized spacial score (nSPS) is 15.9. The predicted octanol–water partition coefficient (Wildman–Crippen LogP) is 3.38. The second-order valence-electron chi connectivity index (χ2n) is 6.57. The smallest absolute Gasteiger partial charge is 0.290 e. The van der Waals surface area contributed by atoms with Crippen LogP contribution in [-0.4, -0.2) is 37.7 Å². The van der Waals surface area contributed by atoms with Crippen LogP contribution in [-0.2, 0) is 4.74 Å². The van der Waals surface area contributed by atoms with Crippen LogP contribution >= 0.6 is 0 Å². The fraction of sp³-hybridized carbons (Fsp3) is 0.273. The van der Waals surface area contributed by atoms with Gasteiger partial charge in [0.1, 0.15) is 11.3 Å². The minimum Gasteiger partial charge on any atom is -0.494 e. The fourth-order valence-corrected chi connectivity index (χ4v) is 3.68. The molecule has 0 aliphatic carbocycles. The number of para-hydroxylation sites is 1. The van der Waals surface area contributed by atoms with Crippen LogP contribution in [0, 0.1) is 0 Å². The lowest BCUT2D eigenvalue weighted by molar-refractivity contribution is 0.0663. The number of benzene rings is 2. The van der Waals surface area contributed by atoms with Crippen LogP contribution in [0.25, 0.3) is 11.0 Å². The average Bonchev–Trinajstić information content (AvgIpc) is 2.99. The molecular weight excluding hydrogens is 358 g/mol. The van der Waals surface area contributed by atoms with Crippen LogP contribution in [0.3, 0.4) is 0 Å². The first kappa shape index (κ1) is 18.3. The first-order valence-electron chi connectivity index (χ1n) is 9.24. The number of rotatable bonds is 6. The van der Waals surface area contributed by atoms with Crippen molar-refractivity contribution >= 4 is 16.9 Å². The molecule has 6 nitrogen and oxygen atoms in total. The van der Waals surface area contributed by atoms with Gasteiger partial charge in [0, 0.05) is 13.7 Å². The highest BCUT2D eigenvalue weighted by molar-refractivity contribution is 5.99. The van der Waals surface area contributed by atoms with Crippen molar-refractivity contribution in [3.63, 3.8) is 0 Å². The molecule has 1 aliphatic rings. The van der Waals surface area contributed by atoms with Crippen LogP contribution in [0.15, 0.2) is 57.7 Å². The number of hydrogen-bond donors (Lipinski definition) is 0. The van der Waals surface area contributed by atoms with E-state index in [4.69, 9.17) is 13.9 Å². The monoisotopic (exact) mass is 379 g/mol. The van der Waals surface area contributed by atoms with Crippen molar-refractivity contribution < 1.29 is 18.7 Å². The molecule has 0 saturated heterocycles. The Kier molecular flexibility index (Phi) is 4.88. The van der Waals surface area contributed by atoms with Crippen LogP contribution in [0.2, 0.25) is 0 Å². The maximum atomic E-state index is 13.3. The zero-order valence-corrected chi connectivity index (χ0v) is 15.8. The topological polar surface area (TPSA) is 69.0 Å². The van der Waals surface area contributed by atoms with Crippen molar-refractivity contribution in [2.75, 3.05) is 26.9 Å². The van der Waals surface area contributed by atoms with Crippen molar-refractivity contribution in [3.05, 3.63) is 75.6 Å². The van der Waals surface area contributed by atoms with Gasteiger partial charge in [0.25, 0.3) is 5.91 Å². The number of methoxy groups -OCH3 is 1. The summed E-state index contributed by atoms with van der Waals surface area (Å²) in [6, 6.07) is 13.9. The largest absolute Gasteiger partial charge is 0.494 e. The minimum atomic E-state index is -0.543. The lowest BCUT2D eigenvalue weighted by Crippen LogP contribution is -2.32. The highest BCUT2D eigenvalue weighted by Gasteiger charge is 2.42. The molecule has 1 aliphatic heterocycles. The van der Waals surface area contributed by atoms with Crippen LogP contribution in [0.5, 0.6) is 5.75 Å². The van der Waals surface area contributed by atoms with Crippen LogP contribution < -0.4 is 10.2 Å². The summed E-state index contributed by atoms with van der Waals surface area (Å²) in [5.74, 6) is 0.492. The summed E-state index contributed by atoms with van der Waals surface area (Å²) in [5.41, 5.74) is 1.40. The number of ether oxygens (including phenoxy) is 2. The SMILES string of the molecule is CCOc1cccc([C@H]2c3c(oc4ccccc4c3=O)C(=O)N2CCOC)c1. The van der Waals surface area contributed by atoms with Gasteiger partial charge in [-0.05, 0) is 36.8 Å². The Balaban J connectivity index is 1.93. The maximum Gasteiger partial charge on any atom is 0.290 e. The van der Waals surface area contributed by atoms with E-state index in [0.29, 0.717) is 42.0 Å². The van der Waals surface area contributed by atoms with E-state index in [2.05, 4.69) is 0 Å². The zero-order chi connectivity index (χ0) is 19.7. The van der Waals surface area contributed by atoms with Gasteiger partial charge in [0.05, 0.1) is 30.2 Å². The molecule has 0 bridgehead atoms. The standard InChI is InChI=1S/C22H21NO5/c1-3-27-15-8-6-7-14(13-15)19-18-20(24)16-9-4-5-10-17(16)28-21(18)22(25)23(19)11-12-26-2/h4-10,13,19H,3,11-12H2,1-2H3/t19-/m0/s1. The van der Waals surface area contributed by atoms with Gasteiger partial charge in [-0.15, -0.1) is 0 Å². The lowest BCUT2D eigenvalue weighted by atomic mass is 9.98. The van der Waals surface area contributed by atoms with E-state index in [1.807, 2.05) is 31.2 Å². The van der Waals surface area contributed by atoms with E-state index in [-0.39, 0.29) is 17.1 Å². The van der Waals surface area contributed by atoms with Crippen molar-refractivity contribution in [2.45, 2.75) is 13.0 Å². The quantitative estimate of drug-likeness (QED) is 0.657. The number of amides is 1. The van der Waals surface area contributed by atoms with E-state index < -0.39 is 6.04 Å². The molecule has 2 aromatic carbocycles. The van der Waals surface area contributed by atoms with Gasteiger partial charge in [0.15, 0.2) is 5.43 Å². The highest BCUT2D eigenvalue weighted by atomic mass is 16.5. The molecular formula is C22H21NO5. The lowest BCUT2D eigenvalue weighted by Gasteiger charge is -2.25. The van der Waals surface area contributed by atoms with E-state index in [1.165, 1.54) is 0 Å². The van der Waals surface area contributed by atoms with Crippen LogP contribution in [0.1, 0.15) is 34.6 Å². The molecule has 1 atom stereocenters. The Morgan fingerprint density at radius 2 is 1.93 bits per heavy atom. The second kappa shape index (κ2) is 7.48. The second-order valence-corrected chi connectivity index (χ2v) is 6.57. The molecule has 0 fully saturated rings. The zero-order valence-electron chi connectivity index (χ0n) is 15.8. The third-order valence-corrected chi connectivity index (χ3v) is 4.89. The van der Waals surface area contributed by atoms with E-state index >= 15 is 0 Å². The number of carbonyl (C=O) groups excluding carboxylic acids is 1. The molecule has 6 heteroatoms. The van der Waals surface area contributed by atoms with Gasteiger partial charge in [0.2, 0.25) is 5.76 Å². The van der Waals surface area contributed by atoms with Crippen molar-refractivity contribution in [3.8, 4) is 5.75 Å². The Morgan fingerprint density at radius 3 is 2.71 bits per heavy atom. The highest BCUT2D eigenvalue weighted by Crippen LogP contribution is 2.38. The van der Waals surface area contributed by atoms with Gasteiger partial charge in [-0.1, -0.05) is 24.3 Å². The summed E-state index contributed by atoms with van der Waals surface area (Å²) < 4.78 is 16.7. The van der Waals surface area contributed by atoms with Crippen molar-refractivity contribution in [1.82, 2.24) is 4.90 Å². The molecule has 1 amide bonds. The number of nitrogens with zero attached hydrogens (tertiary/aromatic N) is 1. The van der Waals surface area contributed by atoms with Gasteiger partial charge in [-0.25, -0.2) is 0 Å². The summed E-state index contributed by atoms with van der Waals surface area (Å²) in [5, 5.41) is 0.466. The summed E-state index contributed by atoms with van der Waals surface area (Å²) in [6.45, 7) is 3.14. The average molecular weight is 379 g/mol. The summed E-state index contributed by atoms with van der Waals surface area (Å²) in [4.78, 5) is 28.0. The molecule has 0 N–H and O–H groups in total. The Bertz CT molecular complexity index is 1090. The Morgan fingerprint density at radius 1 is 1.11 bits per heavy atom. The molecule has 0 unspecified atom stereocenters. The molecule has 0 spiro atoms. The summed E-state index contributed by atoms with van der Waals surface area (Å²) in [6.07, 6.45) is 0. The van der Waals surface area contributed by atoms with Gasteiger partial charge < -0.3 is 18.8 Å². The first-order chi connectivity index (χ1) is 13.7. The van der Waals surface area contributed by atoms with E-state index in [0.717, 1.165) is 5.56 Å². The van der Waals surface area contributed by atoms with Gasteiger partial charge >= 0.3 is 0 Å². The maximum absolute atomic E-state index is 13.3. The molecule has 1 aromatic heterocycles. The number of hydrogen-bond acceptors (Lipinski definition) is 5. The molecule has 0 saturated carbocycles. The van der Waals surface area contributed by atoms with Gasteiger partial charge in [-0.2, -0.15) is 0 Å². The summed E-state index contributed by atoms with van der Waals surface area (Å²) in [7, 11) is 1.58. The van der Waals surface area contributed by atoms with Gasteiger partial charge in [-0.3, -0.25) is 9.59 Å². The van der Waals surface area contributed by atoms with E-state index in [1.54, 1.807) is 36.3 Å².